The summed E-state index contributed by atoms with van der Waals surface area (Å²) in [6, 6.07) is 12.3. The van der Waals surface area contributed by atoms with E-state index in [1.54, 1.807) is 24.3 Å². The summed E-state index contributed by atoms with van der Waals surface area (Å²) in [6.07, 6.45) is -0.912. The summed E-state index contributed by atoms with van der Waals surface area (Å²) in [4.78, 5) is 24.1. The third-order valence-corrected chi connectivity index (χ3v) is 4.14. The Bertz CT molecular complexity index is 772. The number of halogens is 3. The molecule has 0 unspecified atom stereocenters. The lowest BCUT2D eigenvalue weighted by atomic mass is 10.3. The summed E-state index contributed by atoms with van der Waals surface area (Å²) in [5, 5.41) is 3.04. The van der Waals surface area contributed by atoms with Gasteiger partial charge in [0, 0.05) is 15.6 Å². The van der Waals surface area contributed by atoms with Crippen LogP contribution in [0.4, 0.5) is 14.5 Å². The zero-order chi connectivity index (χ0) is 19.8. The van der Waals surface area contributed by atoms with Crippen LogP contribution in [0.3, 0.4) is 0 Å². The van der Waals surface area contributed by atoms with E-state index in [1.807, 2.05) is 0 Å². The number of alkyl halides is 2. The van der Waals surface area contributed by atoms with Crippen LogP contribution < -0.4 is 10.1 Å². The summed E-state index contributed by atoms with van der Waals surface area (Å²) < 4.78 is 34.8. The lowest BCUT2D eigenvalue weighted by Crippen LogP contribution is -2.29. The number of nitrogens with one attached hydrogen (secondary N) is 1. The summed E-state index contributed by atoms with van der Waals surface area (Å²) >= 11 is 6.17. The van der Waals surface area contributed by atoms with Gasteiger partial charge in [0.05, 0.1) is 0 Å². The van der Waals surface area contributed by atoms with Crippen molar-refractivity contribution in [1.82, 2.24) is 0 Å². The predicted molar refractivity (Wildman–Crippen MR) is 99.4 cm³/mol. The molecule has 9 heteroatoms. The molecule has 0 aliphatic heterocycles. The van der Waals surface area contributed by atoms with Gasteiger partial charge in [0.1, 0.15) is 5.75 Å². The molecule has 2 aromatic rings. The number of rotatable bonds is 8. The Balaban J connectivity index is 1.76. The van der Waals surface area contributed by atoms with E-state index in [-0.39, 0.29) is 0 Å². The van der Waals surface area contributed by atoms with E-state index in [2.05, 4.69) is 5.32 Å². The summed E-state index contributed by atoms with van der Waals surface area (Å²) in [6.45, 7) is 0.995. The monoisotopic (exact) mass is 415 g/mol. The average molecular weight is 416 g/mol. The summed E-state index contributed by atoms with van der Waals surface area (Å²) in [5.41, 5.74) is 0.403. The van der Waals surface area contributed by atoms with Crippen molar-refractivity contribution in [2.75, 3.05) is 11.9 Å². The van der Waals surface area contributed by atoms with Crippen molar-refractivity contribution in [3.8, 4) is 5.75 Å². The number of carbonyl (C=O) groups is 2. The van der Waals surface area contributed by atoms with Crippen molar-refractivity contribution in [1.29, 1.82) is 0 Å². The maximum atomic E-state index is 12.3. The molecule has 0 aromatic heterocycles. The fraction of sp³-hybridized carbons (Fsp3) is 0.222. The number of ether oxygens (including phenoxy) is 2. The Morgan fingerprint density at radius 1 is 1.11 bits per heavy atom. The number of esters is 1. The van der Waals surface area contributed by atoms with Crippen molar-refractivity contribution < 1.29 is 27.8 Å². The molecule has 0 aliphatic carbocycles. The molecule has 1 atom stereocenters. The summed E-state index contributed by atoms with van der Waals surface area (Å²) in [7, 11) is 0. The number of carbonyl (C=O) groups excluding carboxylic acids is 2. The lowest BCUT2D eigenvalue weighted by Gasteiger charge is -2.14. The molecule has 5 nitrogen and oxygen atoms in total. The Labute approximate surface area is 164 Å². The van der Waals surface area contributed by atoms with Crippen molar-refractivity contribution in [2.45, 2.75) is 23.7 Å². The molecule has 27 heavy (non-hydrogen) atoms. The first-order valence-electron chi connectivity index (χ1n) is 7.77. The molecular weight excluding hydrogens is 400 g/mol. The van der Waals surface area contributed by atoms with E-state index >= 15 is 0 Å². The van der Waals surface area contributed by atoms with Gasteiger partial charge in [-0.15, -0.1) is 0 Å². The number of benzene rings is 2. The van der Waals surface area contributed by atoms with E-state index in [0.29, 0.717) is 33.1 Å². The molecule has 0 saturated heterocycles. The molecule has 1 N–H and O–H groups in total. The van der Waals surface area contributed by atoms with Gasteiger partial charge in [-0.3, -0.25) is 4.79 Å². The van der Waals surface area contributed by atoms with Crippen LogP contribution in [-0.4, -0.2) is 30.3 Å². The third kappa shape index (κ3) is 7.44. The van der Waals surface area contributed by atoms with Gasteiger partial charge in [-0.1, -0.05) is 23.4 Å². The molecule has 0 aliphatic rings. The molecular formula is C18H16ClF2NO4S. The maximum Gasteiger partial charge on any atom is 0.347 e. The number of anilines is 1. The van der Waals surface area contributed by atoms with E-state index < -0.39 is 30.3 Å². The topological polar surface area (TPSA) is 64.6 Å². The van der Waals surface area contributed by atoms with E-state index in [4.69, 9.17) is 21.1 Å². The third-order valence-electron chi connectivity index (χ3n) is 3.17. The van der Waals surface area contributed by atoms with Gasteiger partial charge in [-0.05, 0) is 55.5 Å². The Kier molecular flexibility index (Phi) is 7.87. The minimum atomic E-state index is -2.51. The highest BCUT2D eigenvalue weighted by Gasteiger charge is 2.18. The van der Waals surface area contributed by atoms with Gasteiger partial charge in [0.2, 0.25) is 0 Å². The van der Waals surface area contributed by atoms with Crippen LogP contribution in [-0.2, 0) is 14.3 Å². The first-order chi connectivity index (χ1) is 12.8. The number of thioether (sulfide) groups is 1. The highest BCUT2D eigenvalue weighted by Crippen LogP contribution is 2.26. The zero-order valence-electron chi connectivity index (χ0n) is 14.2. The molecule has 0 fully saturated rings. The van der Waals surface area contributed by atoms with Gasteiger partial charge in [0.15, 0.2) is 12.7 Å². The first-order valence-corrected chi connectivity index (χ1v) is 9.03. The van der Waals surface area contributed by atoms with Crippen LogP contribution in [0.25, 0.3) is 0 Å². The fourth-order valence-electron chi connectivity index (χ4n) is 1.94. The molecule has 144 valence electrons. The van der Waals surface area contributed by atoms with Gasteiger partial charge in [-0.25, -0.2) is 4.79 Å². The molecule has 0 bridgehead atoms. The van der Waals surface area contributed by atoms with Gasteiger partial charge >= 0.3 is 5.97 Å². The second-order valence-corrected chi connectivity index (χ2v) is 6.77. The number of hydrogen-bond donors (Lipinski definition) is 1. The van der Waals surface area contributed by atoms with Crippen LogP contribution in [0, 0.1) is 0 Å². The fourth-order valence-corrected chi connectivity index (χ4v) is 2.56. The zero-order valence-corrected chi connectivity index (χ0v) is 15.7. The smallest absolute Gasteiger partial charge is 0.347 e. The van der Waals surface area contributed by atoms with Crippen LogP contribution in [0.2, 0.25) is 5.02 Å². The van der Waals surface area contributed by atoms with Crippen LogP contribution >= 0.6 is 23.4 Å². The Morgan fingerprint density at radius 2 is 1.74 bits per heavy atom. The Morgan fingerprint density at radius 3 is 2.33 bits per heavy atom. The minimum Gasteiger partial charge on any atom is -0.479 e. The average Bonchev–Trinajstić information content (AvgIpc) is 2.62. The highest BCUT2D eigenvalue weighted by molar-refractivity contribution is 7.99. The van der Waals surface area contributed by atoms with Gasteiger partial charge < -0.3 is 14.8 Å². The SMILES string of the molecule is C[C@H](Oc1ccc(Cl)cc1)C(=O)OCC(=O)Nc1ccc(SC(F)F)cc1. The van der Waals surface area contributed by atoms with Crippen LogP contribution in [0.1, 0.15) is 6.92 Å². The van der Waals surface area contributed by atoms with Crippen molar-refractivity contribution >= 4 is 40.9 Å². The molecule has 0 radical (unpaired) electrons. The summed E-state index contributed by atoms with van der Waals surface area (Å²) in [5.74, 6) is -3.34. The molecule has 2 rings (SSSR count). The number of hydrogen-bond acceptors (Lipinski definition) is 5. The minimum absolute atomic E-state index is 0.377. The van der Waals surface area contributed by atoms with Crippen LogP contribution in [0.15, 0.2) is 53.4 Å². The molecule has 0 heterocycles. The molecule has 2 aromatic carbocycles. The maximum absolute atomic E-state index is 12.3. The second-order valence-electron chi connectivity index (χ2n) is 5.27. The Hall–Kier alpha value is -2.32. The normalized spacial score (nSPS) is 11.7. The van der Waals surface area contributed by atoms with Crippen LogP contribution in [0.5, 0.6) is 5.75 Å². The second kappa shape index (κ2) is 10.1. The van der Waals surface area contributed by atoms with Gasteiger partial charge in [-0.2, -0.15) is 8.78 Å². The quantitative estimate of drug-likeness (QED) is 0.504. The van der Waals surface area contributed by atoms with Gasteiger partial charge in [0.25, 0.3) is 11.7 Å². The van der Waals surface area contributed by atoms with E-state index in [1.165, 1.54) is 31.2 Å². The molecule has 1 amide bonds. The first kappa shape index (κ1) is 21.0. The predicted octanol–water partition coefficient (Wildman–Crippen LogP) is 4.60. The lowest BCUT2D eigenvalue weighted by molar-refractivity contribution is -0.153. The number of amides is 1. The largest absolute Gasteiger partial charge is 0.479 e. The van der Waals surface area contributed by atoms with E-state index in [0.717, 1.165) is 0 Å². The van der Waals surface area contributed by atoms with Crippen molar-refractivity contribution in [3.05, 3.63) is 53.6 Å². The molecule has 0 spiro atoms. The molecule has 0 saturated carbocycles. The van der Waals surface area contributed by atoms with Crippen molar-refractivity contribution in [2.24, 2.45) is 0 Å². The van der Waals surface area contributed by atoms with Crippen molar-refractivity contribution in [3.63, 3.8) is 0 Å². The standard InChI is InChI=1S/C18H16ClF2NO4S/c1-11(26-14-6-2-12(19)3-7-14)17(24)25-10-16(23)22-13-4-8-15(9-5-13)27-18(20)21/h2-9,11,18H,10H2,1H3,(H,22,23)/t11-/m0/s1. The highest BCUT2D eigenvalue weighted by atomic mass is 35.5. The van der Waals surface area contributed by atoms with E-state index in [9.17, 15) is 18.4 Å².